The normalized spacial score (nSPS) is 36.7. The van der Waals surface area contributed by atoms with E-state index in [1.807, 2.05) is 0 Å². The quantitative estimate of drug-likeness (QED) is 0.695. The minimum atomic E-state index is 0.752. The summed E-state index contributed by atoms with van der Waals surface area (Å²) in [6.45, 7) is 7.61. The molecular formula is C11H22N2. The van der Waals surface area contributed by atoms with Crippen LogP contribution in [0.2, 0.25) is 0 Å². The fraction of sp³-hybridized carbons (Fsp3) is 1.00. The lowest BCUT2D eigenvalue weighted by Crippen LogP contribution is -2.37. The predicted octanol–water partition coefficient (Wildman–Crippen LogP) is 1.47. The molecule has 2 atom stereocenters. The molecule has 2 unspecified atom stereocenters. The number of nitrogens with zero attached hydrogens (tertiary/aromatic N) is 1. The fourth-order valence-electron chi connectivity index (χ4n) is 2.64. The molecule has 0 aromatic heterocycles. The van der Waals surface area contributed by atoms with Gasteiger partial charge in [0, 0.05) is 12.6 Å². The molecule has 0 amide bonds. The third-order valence-corrected chi connectivity index (χ3v) is 3.63. The first-order valence-corrected chi connectivity index (χ1v) is 5.82. The minimum Gasteiger partial charge on any atom is -0.314 e. The second-order valence-electron chi connectivity index (χ2n) is 4.65. The number of piperidine rings is 1. The number of rotatable bonds is 2. The van der Waals surface area contributed by atoms with Crippen LogP contribution < -0.4 is 5.32 Å². The van der Waals surface area contributed by atoms with E-state index in [2.05, 4.69) is 17.1 Å². The van der Waals surface area contributed by atoms with Gasteiger partial charge in [0.05, 0.1) is 0 Å². The van der Waals surface area contributed by atoms with E-state index < -0.39 is 0 Å². The van der Waals surface area contributed by atoms with Crippen molar-refractivity contribution in [1.29, 1.82) is 0 Å². The molecule has 0 aromatic rings. The van der Waals surface area contributed by atoms with E-state index in [9.17, 15) is 0 Å². The van der Waals surface area contributed by atoms with Gasteiger partial charge in [0.15, 0.2) is 0 Å². The minimum absolute atomic E-state index is 0.752. The van der Waals surface area contributed by atoms with E-state index in [4.69, 9.17) is 0 Å². The molecule has 13 heavy (non-hydrogen) atoms. The van der Waals surface area contributed by atoms with Gasteiger partial charge in [-0.05, 0) is 51.7 Å². The number of hydrogen-bond acceptors (Lipinski definition) is 2. The van der Waals surface area contributed by atoms with Crippen LogP contribution in [0.5, 0.6) is 0 Å². The van der Waals surface area contributed by atoms with Crippen molar-refractivity contribution in [3.63, 3.8) is 0 Å². The Morgan fingerprint density at radius 2 is 2.00 bits per heavy atom. The molecule has 2 saturated heterocycles. The monoisotopic (exact) mass is 182 g/mol. The van der Waals surface area contributed by atoms with Gasteiger partial charge >= 0.3 is 0 Å². The van der Waals surface area contributed by atoms with Crippen molar-refractivity contribution in [2.45, 2.75) is 38.6 Å². The molecule has 2 heterocycles. The molecule has 0 spiro atoms. The maximum absolute atomic E-state index is 3.53. The third-order valence-electron chi connectivity index (χ3n) is 3.63. The first-order chi connectivity index (χ1) is 6.36. The van der Waals surface area contributed by atoms with Gasteiger partial charge in [-0.15, -0.1) is 0 Å². The lowest BCUT2D eigenvalue weighted by molar-refractivity contribution is 0.190. The zero-order chi connectivity index (χ0) is 9.10. The summed E-state index contributed by atoms with van der Waals surface area (Å²) in [5.41, 5.74) is 0. The average molecular weight is 182 g/mol. The van der Waals surface area contributed by atoms with Crippen LogP contribution in [-0.2, 0) is 0 Å². The van der Waals surface area contributed by atoms with Crippen LogP contribution in [0, 0.1) is 5.92 Å². The smallest absolute Gasteiger partial charge is 0.00796 e. The summed E-state index contributed by atoms with van der Waals surface area (Å²) in [6.07, 6.45) is 5.69. The summed E-state index contributed by atoms with van der Waals surface area (Å²) in [4.78, 5) is 2.66. The van der Waals surface area contributed by atoms with Crippen molar-refractivity contribution in [1.82, 2.24) is 10.2 Å². The Hall–Kier alpha value is -0.0800. The highest BCUT2D eigenvalue weighted by molar-refractivity contribution is 4.83. The van der Waals surface area contributed by atoms with E-state index in [1.54, 1.807) is 0 Å². The van der Waals surface area contributed by atoms with Gasteiger partial charge in [-0.3, -0.25) is 0 Å². The van der Waals surface area contributed by atoms with Crippen LogP contribution in [-0.4, -0.2) is 37.1 Å². The molecule has 0 radical (unpaired) electrons. The summed E-state index contributed by atoms with van der Waals surface area (Å²) in [5.74, 6) is 0.915. The summed E-state index contributed by atoms with van der Waals surface area (Å²) in [6, 6.07) is 0.752. The SMILES string of the molecule is CC1NCCC1CN1CCCCC1. The molecule has 2 fully saturated rings. The standard InChI is InChI=1S/C11H22N2/c1-10-11(5-6-12-10)9-13-7-3-2-4-8-13/h10-12H,2-9H2,1H3. The largest absolute Gasteiger partial charge is 0.314 e. The molecule has 0 aliphatic carbocycles. The molecular weight excluding hydrogens is 160 g/mol. The zero-order valence-corrected chi connectivity index (χ0v) is 8.76. The Kier molecular flexibility index (Phi) is 3.23. The van der Waals surface area contributed by atoms with E-state index in [-0.39, 0.29) is 0 Å². The molecule has 76 valence electrons. The van der Waals surface area contributed by atoms with Gasteiger partial charge in [0.2, 0.25) is 0 Å². The van der Waals surface area contributed by atoms with E-state index in [1.165, 1.54) is 51.9 Å². The van der Waals surface area contributed by atoms with Crippen molar-refractivity contribution in [3.8, 4) is 0 Å². The van der Waals surface area contributed by atoms with Gasteiger partial charge in [0.25, 0.3) is 0 Å². The highest BCUT2D eigenvalue weighted by atomic mass is 15.1. The van der Waals surface area contributed by atoms with Gasteiger partial charge in [-0.25, -0.2) is 0 Å². The van der Waals surface area contributed by atoms with Crippen molar-refractivity contribution < 1.29 is 0 Å². The number of hydrogen-bond donors (Lipinski definition) is 1. The second-order valence-corrected chi connectivity index (χ2v) is 4.65. The summed E-state index contributed by atoms with van der Waals surface area (Å²) < 4.78 is 0. The van der Waals surface area contributed by atoms with E-state index in [0.29, 0.717) is 0 Å². The first-order valence-electron chi connectivity index (χ1n) is 5.82. The summed E-state index contributed by atoms with van der Waals surface area (Å²) in [7, 11) is 0. The number of nitrogens with one attached hydrogen (secondary N) is 1. The van der Waals surface area contributed by atoms with Gasteiger partial charge < -0.3 is 10.2 Å². The van der Waals surface area contributed by atoms with Crippen molar-refractivity contribution in [3.05, 3.63) is 0 Å². The topological polar surface area (TPSA) is 15.3 Å². The molecule has 2 aliphatic rings. The molecule has 2 aliphatic heterocycles. The van der Waals surface area contributed by atoms with Crippen molar-refractivity contribution >= 4 is 0 Å². The Bertz CT molecular complexity index is 152. The predicted molar refractivity (Wildman–Crippen MR) is 55.9 cm³/mol. The third kappa shape index (κ3) is 2.44. The van der Waals surface area contributed by atoms with Gasteiger partial charge in [-0.1, -0.05) is 6.42 Å². The number of likely N-dealkylation sites (tertiary alicyclic amines) is 1. The van der Waals surface area contributed by atoms with Crippen LogP contribution in [0.15, 0.2) is 0 Å². The molecule has 0 aromatic carbocycles. The lowest BCUT2D eigenvalue weighted by atomic mass is 10.00. The lowest BCUT2D eigenvalue weighted by Gasteiger charge is -2.30. The molecule has 1 N–H and O–H groups in total. The molecule has 2 rings (SSSR count). The average Bonchev–Trinajstić information content (AvgIpc) is 2.54. The zero-order valence-electron chi connectivity index (χ0n) is 8.76. The fourth-order valence-corrected chi connectivity index (χ4v) is 2.64. The molecule has 2 heteroatoms. The highest BCUT2D eigenvalue weighted by Crippen LogP contribution is 2.18. The maximum atomic E-state index is 3.53. The summed E-state index contributed by atoms with van der Waals surface area (Å²) in [5, 5.41) is 3.53. The van der Waals surface area contributed by atoms with Gasteiger partial charge in [-0.2, -0.15) is 0 Å². The Morgan fingerprint density at radius 1 is 1.23 bits per heavy atom. The van der Waals surface area contributed by atoms with Crippen LogP contribution in [0.3, 0.4) is 0 Å². The molecule has 0 bridgehead atoms. The van der Waals surface area contributed by atoms with Crippen LogP contribution in [0.25, 0.3) is 0 Å². The molecule has 0 saturated carbocycles. The van der Waals surface area contributed by atoms with Crippen LogP contribution >= 0.6 is 0 Å². The summed E-state index contributed by atoms with van der Waals surface area (Å²) >= 11 is 0. The second kappa shape index (κ2) is 4.43. The maximum Gasteiger partial charge on any atom is 0.00796 e. The van der Waals surface area contributed by atoms with Crippen molar-refractivity contribution in [2.75, 3.05) is 26.2 Å². The van der Waals surface area contributed by atoms with E-state index >= 15 is 0 Å². The Morgan fingerprint density at radius 3 is 2.62 bits per heavy atom. The Balaban J connectivity index is 1.75. The molecule has 2 nitrogen and oxygen atoms in total. The van der Waals surface area contributed by atoms with Crippen molar-refractivity contribution in [2.24, 2.45) is 5.92 Å². The van der Waals surface area contributed by atoms with E-state index in [0.717, 1.165) is 12.0 Å². The van der Waals surface area contributed by atoms with Gasteiger partial charge in [0.1, 0.15) is 0 Å². The first kappa shape index (κ1) is 9.47. The van der Waals surface area contributed by atoms with Crippen LogP contribution in [0.4, 0.5) is 0 Å². The van der Waals surface area contributed by atoms with Crippen LogP contribution in [0.1, 0.15) is 32.6 Å². The highest BCUT2D eigenvalue weighted by Gasteiger charge is 2.25. The Labute approximate surface area is 81.7 Å².